The fraction of sp³-hybridized carbons (Fsp3) is 0.190. The van der Waals surface area contributed by atoms with Crippen LogP contribution in [-0.2, 0) is 17.8 Å². The molecule has 0 aliphatic rings. The van der Waals surface area contributed by atoms with Crippen molar-refractivity contribution in [3.63, 3.8) is 0 Å². The minimum absolute atomic E-state index is 0.130. The normalized spacial score (nSPS) is 11.1. The van der Waals surface area contributed by atoms with Gasteiger partial charge in [-0.25, -0.2) is 9.78 Å². The second-order valence-electron chi connectivity index (χ2n) is 6.58. The highest BCUT2D eigenvalue weighted by molar-refractivity contribution is 7.15. The van der Waals surface area contributed by atoms with Crippen LogP contribution in [-0.4, -0.2) is 15.5 Å². The van der Waals surface area contributed by atoms with E-state index in [2.05, 4.69) is 10.3 Å². The van der Waals surface area contributed by atoms with E-state index in [0.717, 1.165) is 16.0 Å². The van der Waals surface area contributed by atoms with Crippen LogP contribution in [0.15, 0.2) is 63.9 Å². The average Bonchev–Trinajstić information content (AvgIpc) is 3.25. The van der Waals surface area contributed by atoms with Gasteiger partial charge in [-0.1, -0.05) is 35.9 Å². The maximum Gasteiger partial charge on any atom is 0.419 e. The van der Waals surface area contributed by atoms with Crippen LogP contribution in [0.5, 0.6) is 0 Å². The van der Waals surface area contributed by atoms with E-state index >= 15 is 0 Å². The molecule has 29 heavy (non-hydrogen) atoms. The molecule has 0 fully saturated rings. The van der Waals surface area contributed by atoms with Gasteiger partial charge in [-0.3, -0.25) is 9.36 Å². The zero-order chi connectivity index (χ0) is 20.2. The largest absolute Gasteiger partial charge is 0.419 e. The number of hydrogen-bond donors (Lipinski definition) is 1. The topological polar surface area (TPSA) is 77.1 Å². The predicted octanol–water partition coefficient (Wildman–Crippen LogP) is 4.71. The third-order valence-corrected chi connectivity index (χ3v) is 5.57. The fourth-order valence-corrected chi connectivity index (χ4v) is 4.18. The summed E-state index contributed by atoms with van der Waals surface area (Å²) in [4.78, 5) is 29.5. The summed E-state index contributed by atoms with van der Waals surface area (Å²) in [7, 11) is 0. The van der Waals surface area contributed by atoms with Crippen molar-refractivity contribution in [3.05, 3.63) is 80.7 Å². The Morgan fingerprint density at radius 2 is 2.07 bits per heavy atom. The van der Waals surface area contributed by atoms with Gasteiger partial charge in [0.15, 0.2) is 10.7 Å². The van der Waals surface area contributed by atoms with E-state index in [1.54, 1.807) is 16.8 Å². The second kappa shape index (κ2) is 8.63. The smallest absolute Gasteiger partial charge is 0.408 e. The highest BCUT2D eigenvalue weighted by Crippen LogP contribution is 2.22. The van der Waals surface area contributed by atoms with Crippen LogP contribution in [0.4, 0.5) is 5.13 Å². The van der Waals surface area contributed by atoms with Crippen molar-refractivity contribution < 1.29 is 9.21 Å². The third kappa shape index (κ3) is 4.75. The number of oxazole rings is 1. The molecule has 1 N–H and O–H groups in total. The number of fused-ring (bicyclic) bond motifs is 1. The zero-order valence-electron chi connectivity index (χ0n) is 15.4. The molecule has 4 rings (SSSR count). The lowest BCUT2D eigenvalue weighted by Gasteiger charge is -2.03. The highest BCUT2D eigenvalue weighted by Gasteiger charge is 2.11. The first-order chi connectivity index (χ1) is 14.1. The Balaban J connectivity index is 1.30. The molecule has 0 saturated heterocycles. The van der Waals surface area contributed by atoms with Crippen LogP contribution < -0.4 is 11.1 Å². The van der Waals surface area contributed by atoms with E-state index in [0.29, 0.717) is 35.1 Å². The highest BCUT2D eigenvalue weighted by atomic mass is 35.5. The Bertz CT molecular complexity index is 1210. The summed E-state index contributed by atoms with van der Waals surface area (Å²) in [6.45, 7) is 0.418. The van der Waals surface area contributed by atoms with Crippen LogP contribution in [0.1, 0.15) is 23.3 Å². The Labute approximate surface area is 175 Å². The number of benzene rings is 2. The van der Waals surface area contributed by atoms with Gasteiger partial charge in [0.25, 0.3) is 0 Å². The summed E-state index contributed by atoms with van der Waals surface area (Å²) in [6, 6.07) is 14.9. The number of rotatable bonds is 7. The molecule has 0 aliphatic carbocycles. The first kappa shape index (κ1) is 19.4. The molecule has 0 unspecified atom stereocenters. The van der Waals surface area contributed by atoms with Gasteiger partial charge in [0.2, 0.25) is 5.91 Å². The predicted molar refractivity (Wildman–Crippen MR) is 115 cm³/mol. The number of carbonyl (C=O) groups is 1. The number of amides is 1. The lowest BCUT2D eigenvalue weighted by Crippen LogP contribution is -2.17. The molecular formula is C21H18ClN3O3S. The van der Waals surface area contributed by atoms with Gasteiger partial charge >= 0.3 is 5.76 Å². The Morgan fingerprint density at radius 3 is 2.93 bits per heavy atom. The van der Waals surface area contributed by atoms with Crippen LogP contribution >= 0.6 is 22.9 Å². The summed E-state index contributed by atoms with van der Waals surface area (Å²) >= 11 is 7.46. The van der Waals surface area contributed by atoms with Gasteiger partial charge in [-0.05, 0) is 36.2 Å². The van der Waals surface area contributed by atoms with E-state index in [-0.39, 0.29) is 12.3 Å². The van der Waals surface area contributed by atoms with Crippen molar-refractivity contribution in [2.45, 2.75) is 25.8 Å². The lowest BCUT2D eigenvalue weighted by molar-refractivity contribution is -0.116. The molecule has 1 amide bonds. The molecule has 0 atom stereocenters. The van der Waals surface area contributed by atoms with Crippen molar-refractivity contribution in [2.75, 3.05) is 5.32 Å². The lowest BCUT2D eigenvalue weighted by atomic mass is 10.1. The average molecular weight is 428 g/mol. The molecule has 0 spiro atoms. The first-order valence-corrected chi connectivity index (χ1v) is 10.4. The monoisotopic (exact) mass is 427 g/mol. The number of anilines is 1. The van der Waals surface area contributed by atoms with E-state index in [4.69, 9.17) is 16.0 Å². The molecular weight excluding hydrogens is 410 g/mol. The molecule has 0 bridgehead atoms. The number of thiazole rings is 1. The summed E-state index contributed by atoms with van der Waals surface area (Å²) in [6.07, 6.45) is 3.29. The molecule has 2 aromatic heterocycles. The number of carbonyl (C=O) groups excluding carboxylic acids is 1. The molecule has 4 aromatic rings. The Kier molecular flexibility index (Phi) is 5.78. The summed E-state index contributed by atoms with van der Waals surface area (Å²) < 4.78 is 6.75. The van der Waals surface area contributed by atoms with Gasteiger partial charge < -0.3 is 9.73 Å². The van der Waals surface area contributed by atoms with E-state index in [9.17, 15) is 9.59 Å². The van der Waals surface area contributed by atoms with Gasteiger partial charge in [-0.15, -0.1) is 11.3 Å². The van der Waals surface area contributed by atoms with Crippen LogP contribution in [0.3, 0.4) is 0 Å². The van der Waals surface area contributed by atoms with Gasteiger partial charge in [0.05, 0.1) is 5.52 Å². The summed E-state index contributed by atoms with van der Waals surface area (Å²) in [5.41, 5.74) is 2.39. The number of hydrogen-bond acceptors (Lipinski definition) is 5. The molecule has 0 saturated carbocycles. The van der Waals surface area contributed by atoms with Crippen molar-refractivity contribution >= 4 is 45.1 Å². The Morgan fingerprint density at radius 1 is 1.21 bits per heavy atom. The third-order valence-electron chi connectivity index (χ3n) is 4.43. The zero-order valence-corrected chi connectivity index (χ0v) is 17.0. The van der Waals surface area contributed by atoms with Crippen molar-refractivity contribution in [3.8, 4) is 0 Å². The van der Waals surface area contributed by atoms with Crippen molar-refractivity contribution in [2.24, 2.45) is 0 Å². The van der Waals surface area contributed by atoms with Crippen LogP contribution in [0, 0.1) is 0 Å². The standard InChI is InChI=1S/C21H18ClN3O3S/c22-15-6-3-5-14(11-15)12-16-13-23-20(29-16)24-19(26)9-4-10-25-17-7-1-2-8-18(17)28-21(25)27/h1-3,5-8,11,13H,4,9-10,12H2,(H,23,24,26). The first-order valence-electron chi connectivity index (χ1n) is 9.16. The van der Waals surface area contributed by atoms with Crippen molar-refractivity contribution in [1.29, 1.82) is 0 Å². The van der Waals surface area contributed by atoms with E-state index in [1.807, 2.05) is 42.5 Å². The molecule has 6 nitrogen and oxygen atoms in total. The number of aryl methyl sites for hydroxylation is 1. The molecule has 0 aliphatic heterocycles. The minimum atomic E-state index is -0.405. The van der Waals surface area contributed by atoms with Crippen LogP contribution in [0.2, 0.25) is 5.02 Å². The quantitative estimate of drug-likeness (QED) is 0.463. The number of nitrogens with zero attached hydrogens (tertiary/aromatic N) is 2. The summed E-state index contributed by atoms with van der Waals surface area (Å²) in [5, 5.41) is 4.09. The summed E-state index contributed by atoms with van der Waals surface area (Å²) in [5.74, 6) is -0.535. The molecule has 148 valence electrons. The molecule has 2 aromatic carbocycles. The molecule has 8 heteroatoms. The molecule has 0 radical (unpaired) electrons. The number of halogens is 1. The minimum Gasteiger partial charge on any atom is -0.408 e. The van der Waals surface area contributed by atoms with Crippen LogP contribution in [0.25, 0.3) is 11.1 Å². The fourth-order valence-electron chi connectivity index (χ4n) is 3.10. The number of aromatic nitrogens is 2. The second-order valence-corrected chi connectivity index (χ2v) is 8.13. The molecule has 2 heterocycles. The van der Waals surface area contributed by atoms with E-state index < -0.39 is 5.76 Å². The maximum absolute atomic E-state index is 12.2. The van der Waals surface area contributed by atoms with Gasteiger partial charge in [0.1, 0.15) is 0 Å². The van der Waals surface area contributed by atoms with Gasteiger partial charge in [-0.2, -0.15) is 0 Å². The maximum atomic E-state index is 12.2. The Hall–Kier alpha value is -2.90. The SMILES string of the molecule is O=C(CCCn1c(=O)oc2ccccc21)Nc1ncc(Cc2cccc(Cl)c2)s1. The van der Waals surface area contributed by atoms with Crippen molar-refractivity contribution in [1.82, 2.24) is 9.55 Å². The van der Waals surface area contributed by atoms with E-state index in [1.165, 1.54) is 11.3 Å². The number of nitrogens with one attached hydrogen (secondary N) is 1. The number of para-hydroxylation sites is 2. The van der Waals surface area contributed by atoms with Gasteiger partial charge in [0, 0.05) is 35.5 Å².